The van der Waals surface area contributed by atoms with Crippen LogP contribution in [0.15, 0.2) is 12.1 Å². The number of nitrogens with two attached hydrogens (primary N) is 1. The van der Waals surface area contributed by atoms with E-state index in [2.05, 4.69) is 34.3 Å². The molecule has 92 valence electrons. The van der Waals surface area contributed by atoms with Gasteiger partial charge < -0.3 is 16.0 Å². The molecule has 1 amide bonds. The second-order valence-corrected chi connectivity index (χ2v) is 4.51. The van der Waals surface area contributed by atoms with Crippen LogP contribution in [0.4, 0.5) is 5.82 Å². The van der Waals surface area contributed by atoms with Gasteiger partial charge in [-0.3, -0.25) is 4.79 Å². The molecule has 2 heterocycles. The summed E-state index contributed by atoms with van der Waals surface area (Å²) in [5.41, 5.74) is 5.32. The van der Waals surface area contributed by atoms with Crippen molar-refractivity contribution in [1.29, 1.82) is 0 Å². The fourth-order valence-electron chi connectivity index (χ4n) is 2.14. The van der Waals surface area contributed by atoms with E-state index in [1.165, 1.54) is 0 Å². The van der Waals surface area contributed by atoms with Crippen LogP contribution in [-0.2, 0) is 0 Å². The minimum absolute atomic E-state index is 0.199. The van der Waals surface area contributed by atoms with Gasteiger partial charge in [0.25, 0.3) is 5.91 Å². The highest BCUT2D eigenvalue weighted by Gasteiger charge is 2.22. The lowest BCUT2D eigenvalue weighted by Crippen LogP contribution is -2.54. The van der Waals surface area contributed by atoms with Gasteiger partial charge in [-0.05, 0) is 26.0 Å². The molecule has 1 aliphatic heterocycles. The summed E-state index contributed by atoms with van der Waals surface area (Å²) in [6, 6.07) is 4.23. The zero-order valence-electron chi connectivity index (χ0n) is 10.1. The molecule has 0 saturated carbocycles. The van der Waals surface area contributed by atoms with Crippen LogP contribution in [0.3, 0.4) is 0 Å². The van der Waals surface area contributed by atoms with Gasteiger partial charge in [0.15, 0.2) is 11.5 Å². The molecule has 3 N–H and O–H groups in total. The largest absolute Gasteiger partial charge is 0.364 e. The van der Waals surface area contributed by atoms with E-state index in [1.54, 1.807) is 12.1 Å². The number of nitrogens with zero attached hydrogens (tertiary/aromatic N) is 3. The number of amides is 1. The Morgan fingerprint density at radius 2 is 2.00 bits per heavy atom. The fraction of sp³-hybridized carbons (Fsp3) is 0.545. The van der Waals surface area contributed by atoms with Crippen LogP contribution >= 0.6 is 0 Å². The summed E-state index contributed by atoms with van der Waals surface area (Å²) in [6.07, 6.45) is 0. The van der Waals surface area contributed by atoms with E-state index < -0.39 is 5.91 Å². The van der Waals surface area contributed by atoms with Crippen molar-refractivity contribution in [2.45, 2.75) is 25.9 Å². The number of hydrogen-bond acceptors (Lipinski definition) is 5. The van der Waals surface area contributed by atoms with Crippen molar-refractivity contribution in [3.63, 3.8) is 0 Å². The van der Waals surface area contributed by atoms with Gasteiger partial charge in [0.05, 0.1) is 0 Å². The van der Waals surface area contributed by atoms with Crippen LogP contribution in [-0.4, -0.2) is 41.3 Å². The predicted octanol–water partition coefficient (Wildman–Crippen LogP) is -0.238. The maximum Gasteiger partial charge on any atom is 0.269 e. The Morgan fingerprint density at radius 1 is 1.35 bits per heavy atom. The summed E-state index contributed by atoms with van der Waals surface area (Å²) in [6.45, 7) is 6.03. The lowest BCUT2D eigenvalue weighted by atomic mass is 10.1. The van der Waals surface area contributed by atoms with Gasteiger partial charge >= 0.3 is 0 Å². The minimum atomic E-state index is -0.550. The van der Waals surface area contributed by atoms with Crippen molar-refractivity contribution in [1.82, 2.24) is 15.5 Å². The number of aromatic nitrogens is 2. The van der Waals surface area contributed by atoms with Gasteiger partial charge in [0.1, 0.15) is 0 Å². The molecule has 6 nitrogen and oxygen atoms in total. The predicted molar refractivity (Wildman–Crippen MR) is 64.8 cm³/mol. The Balaban J connectivity index is 2.14. The molecule has 1 fully saturated rings. The number of carbonyl (C=O) groups excluding carboxylic acids is 1. The summed E-state index contributed by atoms with van der Waals surface area (Å²) >= 11 is 0. The Morgan fingerprint density at radius 3 is 2.47 bits per heavy atom. The molecule has 0 bridgehead atoms. The number of rotatable bonds is 2. The summed E-state index contributed by atoms with van der Waals surface area (Å²) in [5.74, 6) is 0.237. The number of primary amides is 1. The number of carbonyl (C=O) groups is 1. The molecular weight excluding hydrogens is 218 g/mol. The first-order valence-corrected chi connectivity index (χ1v) is 5.71. The summed E-state index contributed by atoms with van der Waals surface area (Å²) in [7, 11) is 0. The van der Waals surface area contributed by atoms with E-state index >= 15 is 0 Å². The minimum Gasteiger partial charge on any atom is -0.364 e. The Bertz CT molecular complexity index is 395. The topological polar surface area (TPSA) is 84.1 Å². The van der Waals surface area contributed by atoms with Crippen LogP contribution in [0.1, 0.15) is 24.3 Å². The average Bonchev–Trinajstić information content (AvgIpc) is 2.28. The Kier molecular flexibility index (Phi) is 3.23. The Labute approximate surface area is 100 Å². The third-order valence-electron chi connectivity index (χ3n) is 2.78. The summed E-state index contributed by atoms with van der Waals surface area (Å²) in [5, 5.41) is 11.3. The highest BCUT2D eigenvalue weighted by molar-refractivity contribution is 5.90. The smallest absolute Gasteiger partial charge is 0.269 e. The molecule has 1 aromatic rings. The molecule has 17 heavy (non-hydrogen) atoms. The second-order valence-electron chi connectivity index (χ2n) is 4.51. The van der Waals surface area contributed by atoms with Crippen molar-refractivity contribution in [3.8, 4) is 0 Å². The molecule has 1 aromatic heterocycles. The molecule has 2 rings (SSSR count). The molecular formula is C11H17N5O. The van der Waals surface area contributed by atoms with E-state index in [-0.39, 0.29) is 5.69 Å². The van der Waals surface area contributed by atoms with Crippen LogP contribution in [0.25, 0.3) is 0 Å². The van der Waals surface area contributed by atoms with Crippen LogP contribution in [0.2, 0.25) is 0 Å². The van der Waals surface area contributed by atoms with Crippen LogP contribution < -0.4 is 16.0 Å². The maximum absolute atomic E-state index is 10.9. The molecule has 1 saturated heterocycles. The highest BCUT2D eigenvalue weighted by Crippen LogP contribution is 2.14. The zero-order valence-corrected chi connectivity index (χ0v) is 10.1. The monoisotopic (exact) mass is 235 g/mol. The first-order chi connectivity index (χ1) is 8.06. The zero-order chi connectivity index (χ0) is 12.4. The standard InChI is InChI=1S/C11H17N5O/c1-7-5-16(6-8(2)13-7)10-4-3-9(11(12)17)14-15-10/h3-4,7-8,13H,5-6H2,1-2H3,(H2,12,17). The van der Waals surface area contributed by atoms with Gasteiger partial charge in [0.2, 0.25) is 0 Å². The van der Waals surface area contributed by atoms with Gasteiger partial charge in [-0.25, -0.2) is 0 Å². The average molecular weight is 235 g/mol. The van der Waals surface area contributed by atoms with E-state index in [0.717, 1.165) is 18.9 Å². The SMILES string of the molecule is CC1CN(c2ccc(C(N)=O)nn2)CC(C)N1. The molecule has 6 heteroatoms. The lowest BCUT2D eigenvalue weighted by molar-refractivity contribution is 0.0994. The van der Waals surface area contributed by atoms with Crippen LogP contribution in [0.5, 0.6) is 0 Å². The summed E-state index contributed by atoms with van der Waals surface area (Å²) < 4.78 is 0. The quantitative estimate of drug-likeness (QED) is 0.739. The molecule has 2 unspecified atom stereocenters. The molecule has 0 radical (unpaired) electrons. The van der Waals surface area contributed by atoms with Gasteiger partial charge in [-0.1, -0.05) is 0 Å². The molecule has 1 aliphatic rings. The van der Waals surface area contributed by atoms with E-state index in [1.807, 2.05) is 0 Å². The third-order valence-corrected chi connectivity index (χ3v) is 2.78. The number of nitrogens with one attached hydrogen (secondary N) is 1. The fourth-order valence-corrected chi connectivity index (χ4v) is 2.14. The molecule has 2 atom stereocenters. The second kappa shape index (κ2) is 4.67. The molecule has 0 aromatic carbocycles. The van der Waals surface area contributed by atoms with Crippen molar-refractivity contribution >= 4 is 11.7 Å². The van der Waals surface area contributed by atoms with Crippen LogP contribution in [0, 0.1) is 0 Å². The van der Waals surface area contributed by atoms with E-state index in [4.69, 9.17) is 5.73 Å². The molecule has 0 aliphatic carbocycles. The van der Waals surface area contributed by atoms with Gasteiger partial charge in [-0.2, -0.15) is 0 Å². The number of hydrogen-bond donors (Lipinski definition) is 2. The highest BCUT2D eigenvalue weighted by atomic mass is 16.1. The molecule has 0 spiro atoms. The first-order valence-electron chi connectivity index (χ1n) is 5.71. The van der Waals surface area contributed by atoms with E-state index in [9.17, 15) is 4.79 Å². The maximum atomic E-state index is 10.9. The first kappa shape index (κ1) is 11.8. The summed E-state index contributed by atoms with van der Waals surface area (Å²) in [4.78, 5) is 13.0. The van der Waals surface area contributed by atoms with Crippen molar-refractivity contribution in [3.05, 3.63) is 17.8 Å². The lowest BCUT2D eigenvalue weighted by Gasteiger charge is -2.36. The number of piperazine rings is 1. The van der Waals surface area contributed by atoms with Crippen molar-refractivity contribution < 1.29 is 4.79 Å². The van der Waals surface area contributed by atoms with Gasteiger partial charge in [-0.15, -0.1) is 10.2 Å². The normalized spacial score (nSPS) is 24.7. The third kappa shape index (κ3) is 2.71. The van der Waals surface area contributed by atoms with Gasteiger partial charge in [0, 0.05) is 25.2 Å². The van der Waals surface area contributed by atoms with Crippen molar-refractivity contribution in [2.75, 3.05) is 18.0 Å². The van der Waals surface area contributed by atoms with Crippen molar-refractivity contribution in [2.24, 2.45) is 5.73 Å². The Hall–Kier alpha value is -1.69. The van der Waals surface area contributed by atoms with E-state index in [0.29, 0.717) is 12.1 Å². The number of anilines is 1.